The zero-order valence-electron chi connectivity index (χ0n) is 11.4. The zero-order valence-corrected chi connectivity index (χ0v) is 11.4. The highest BCUT2D eigenvalue weighted by Crippen LogP contribution is 2.18. The van der Waals surface area contributed by atoms with E-state index in [1.165, 1.54) is 0 Å². The summed E-state index contributed by atoms with van der Waals surface area (Å²) in [5.74, 6) is 0.756. The smallest absolute Gasteiger partial charge is 0.121 e. The van der Waals surface area contributed by atoms with Gasteiger partial charge in [-0.05, 0) is 24.3 Å². The van der Waals surface area contributed by atoms with Gasteiger partial charge < -0.3 is 15.4 Å². The zero-order chi connectivity index (χ0) is 14.4. The summed E-state index contributed by atoms with van der Waals surface area (Å²) < 4.78 is 5.65. The number of ether oxygens (including phenoxy) is 1. The quantitative estimate of drug-likeness (QED) is 0.846. The highest BCUT2D eigenvalue weighted by atomic mass is 16.5. The van der Waals surface area contributed by atoms with Crippen molar-refractivity contribution < 1.29 is 4.74 Å². The largest absolute Gasteiger partial charge is 0.492 e. The minimum Gasteiger partial charge on any atom is -0.492 e. The molecule has 0 aliphatic carbocycles. The van der Waals surface area contributed by atoms with E-state index in [1.54, 1.807) is 6.07 Å². The number of nitrogen functional groups attached to an aromatic ring is 1. The van der Waals surface area contributed by atoms with E-state index < -0.39 is 0 Å². The van der Waals surface area contributed by atoms with Crippen LogP contribution in [0.15, 0.2) is 48.5 Å². The molecule has 20 heavy (non-hydrogen) atoms. The molecule has 2 N–H and O–H groups in total. The molecule has 2 rings (SSSR count). The molecule has 0 saturated carbocycles. The van der Waals surface area contributed by atoms with Gasteiger partial charge in [0.2, 0.25) is 0 Å². The van der Waals surface area contributed by atoms with Crippen molar-refractivity contribution in [2.45, 2.75) is 0 Å². The van der Waals surface area contributed by atoms with Crippen LogP contribution in [0.25, 0.3) is 0 Å². The first-order chi connectivity index (χ1) is 9.70. The minimum atomic E-state index is 0.527. The van der Waals surface area contributed by atoms with Crippen LogP contribution in [0.4, 0.5) is 11.4 Å². The lowest BCUT2D eigenvalue weighted by atomic mass is 10.2. The fourth-order valence-corrected chi connectivity index (χ4v) is 1.93. The predicted molar refractivity (Wildman–Crippen MR) is 80.8 cm³/mol. The van der Waals surface area contributed by atoms with Crippen LogP contribution in [-0.2, 0) is 0 Å². The average Bonchev–Trinajstić information content (AvgIpc) is 2.47. The third-order valence-electron chi connectivity index (χ3n) is 2.99. The van der Waals surface area contributed by atoms with Crippen molar-refractivity contribution in [3.8, 4) is 11.8 Å². The Morgan fingerprint density at radius 1 is 1.20 bits per heavy atom. The minimum absolute atomic E-state index is 0.527. The van der Waals surface area contributed by atoms with Gasteiger partial charge in [0, 0.05) is 18.8 Å². The van der Waals surface area contributed by atoms with Crippen LogP contribution in [0.2, 0.25) is 0 Å². The number of likely N-dealkylation sites (N-methyl/N-ethyl adjacent to an activating group) is 1. The molecule has 0 aliphatic heterocycles. The molecule has 102 valence electrons. The van der Waals surface area contributed by atoms with Crippen LogP contribution in [0.1, 0.15) is 5.56 Å². The van der Waals surface area contributed by atoms with Crippen molar-refractivity contribution in [1.29, 1.82) is 5.26 Å². The molecule has 0 spiro atoms. The lowest BCUT2D eigenvalue weighted by Crippen LogP contribution is -2.24. The lowest BCUT2D eigenvalue weighted by Gasteiger charge is -2.20. The van der Waals surface area contributed by atoms with Crippen LogP contribution in [0.5, 0.6) is 5.75 Å². The van der Waals surface area contributed by atoms with Gasteiger partial charge in [-0.1, -0.05) is 18.2 Å². The maximum absolute atomic E-state index is 9.08. The maximum Gasteiger partial charge on any atom is 0.121 e. The number of hydrogen-bond donors (Lipinski definition) is 1. The van der Waals surface area contributed by atoms with Crippen LogP contribution in [0, 0.1) is 11.3 Å². The van der Waals surface area contributed by atoms with Crippen molar-refractivity contribution in [2.75, 3.05) is 30.8 Å². The van der Waals surface area contributed by atoms with E-state index in [9.17, 15) is 0 Å². The molecular formula is C16H17N3O. The molecule has 0 bridgehead atoms. The van der Waals surface area contributed by atoms with Crippen molar-refractivity contribution in [1.82, 2.24) is 0 Å². The molecule has 0 amide bonds. The fraction of sp³-hybridized carbons (Fsp3) is 0.188. The lowest BCUT2D eigenvalue weighted by molar-refractivity contribution is 0.326. The van der Waals surface area contributed by atoms with E-state index >= 15 is 0 Å². The van der Waals surface area contributed by atoms with E-state index in [2.05, 4.69) is 6.07 Å². The maximum atomic E-state index is 9.08. The number of benzene rings is 2. The van der Waals surface area contributed by atoms with Crippen LogP contribution >= 0.6 is 0 Å². The third kappa shape index (κ3) is 3.42. The SMILES string of the molecule is CN(CCOc1cccc(N)c1)c1ccccc1C#N. The van der Waals surface area contributed by atoms with Crippen molar-refractivity contribution >= 4 is 11.4 Å². The summed E-state index contributed by atoms with van der Waals surface area (Å²) in [6.45, 7) is 1.22. The van der Waals surface area contributed by atoms with Crippen molar-refractivity contribution in [3.05, 3.63) is 54.1 Å². The number of nitrogens with zero attached hydrogens (tertiary/aromatic N) is 2. The number of nitriles is 1. The van der Waals surface area contributed by atoms with Gasteiger partial charge in [-0.25, -0.2) is 0 Å². The molecule has 2 aromatic rings. The van der Waals surface area contributed by atoms with Crippen LogP contribution in [0.3, 0.4) is 0 Å². The molecular weight excluding hydrogens is 250 g/mol. The van der Waals surface area contributed by atoms with Crippen LogP contribution < -0.4 is 15.4 Å². The Hall–Kier alpha value is -2.67. The van der Waals surface area contributed by atoms with Gasteiger partial charge in [0.15, 0.2) is 0 Å². The Balaban J connectivity index is 1.93. The van der Waals surface area contributed by atoms with Crippen LogP contribution in [-0.4, -0.2) is 20.2 Å². The summed E-state index contributed by atoms with van der Waals surface area (Å²) in [7, 11) is 1.94. The highest BCUT2D eigenvalue weighted by molar-refractivity contribution is 5.58. The van der Waals surface area contributed by atoms with E-state index in [0.29, 0.717) is 24.4 Å². The molecule has 0 radical (unpaired) electrons. The summed E-state index contributed by atoms with van der Waals surface area (Å²) in [4.78, 5) is 2.00. The second-order valence-electron chi connectivity index (χ2n) is 4.47. The van der Waals surface area contributed by atoms with Gasteiger partial charge in [-0.2, -0.15) is 5.26 Å². The Kier molecular flexibility index (Phi) is 4.46. The van der Waals surface area contributed by atoms with E-state index in [-0.39, 0.29) is 0 Å². The topological polar surface area (TPSA) is 62.3 Å². The van der Waals surface area contributed by atoms with Gasteiger partial charge in [-0.15, -0.1) is 0 Å². The molecule has 4 nitrogen and oxygen atoms in total. The third-order valence-corrected chi connectivity index (χ3v) is 2.99. The van der Waals surface area contributed by atoms with E-state index in [4.69, 9.17) is 15.7 Å². The molecule has 0 unspecified atom stereocenters. The molecule has 0 fully saturated rings. The normalized spacial score (nSPS) is 9.80. The first kappa shape index (κ1) is 13.8. The Bertz CT molecular complexity index is 619. The number of rotatable bonds is 5. The monoisotopic (exact) mass is 267 g/mol. The molecule has 0 saturated heterocycles. The Morgan fingerprint density at radius 3 is 2.75 bits per heavy atom. The standard InChI is InChI=1S/C16H17N3O/c1-19(16-8-3-2-5-13(16)12-17)9-10-20-15-7-4-6-14(18)11-15/h2-8,11H,9-10,18H2,1H3. The average molecular weight is 267 g/mol. The first-order valence-corrected chi connectivity index (χ1v) is 6.39. The number of para-hydroxylation sites is 1. The van der Waals surface area contributed by atoms with Gasteiger partial charge in [0.05, 0.1) is 17.8 Å². The molecule has 0 aliphatic rings. The molecule has 0 aromatic heterocycles. The molecule has 0 atom stereocenters. The molecule has 4 heteroatoms. The number of hydrogen-bond acceptors (Lipinski definition) is 4. The summed E-state index contributed by atoms with van der Waals surface area (Å²) in [5.41, 5.74) is 7.95. The summed E-state index contributed by atoms with van der Waals surface area (Å²) >= 11 is 0. The second-order valence-corrected chi connectivity index (χ2v) is 4.47. The number of anilines is 2. The van der Waals surface area contributed by atoms with E-state index in [1.807, 2.05) is 54.4 Å². The van der Waals surface area contributed by atoms with Gasteiger partial charge in [0.25, 0.3) is 0 Å². The fourth-order valence-electron chi connectivity index (χ4n) is 1.93. The van der Waals surface area contributed by atoms with Gasteiger partial charge in [0.1, 0.15) is 18.4 Å². The molecule has 0 heterocycles. The second kappa shape index (κ2) is 6.48. The Labute approximate surface area is 119 Å². The van der Waals surface area contributed by atoms with Gasteiger partial charge in [-0.3, -0.25) is 0 Å². The number of nitrogens with two attached hydrogens (primary N) is 1. The van der Waals surface area contributed by atoms with Gasteiger partial charge >= 0.3 is 0 Å². The van der Waals surface area contributed by atoms with E-state index in [0.717, 1.165) is 11.4 Å². The summed E-state index contributed by atoms with van der Waals surface area (Å²) in [6.07, 6.45) is 0. The highest BCUT2D eigenvalue weighted by Gasteiger charge is 2.06. The first-order valence-electron chi connectivity index (χ1n) is 6.39. The predicted octanol–water partition coefficient (Wildman–Crippen LogP) is 2.66. The van der Waals surface area contributed by atoms with Crippen molar-refractivity contribution in [2.24, 2.45) is 0 Å². The van der Waals surface area contributed by atoms with Crippen molar-refractivity contribution in [3.63, 3.8) is 0 Å². The Morgan fingerprint density at radius 2 is 2.00 bits per heavy atom. The molecule has 2 aromatic carbocycles. The summed E-state index contributed by atoms with van der Waals surface area (Å²) in [5, 5.41) is 9.08. The summed E-state index contributed by atoms with van der Waals surface area (Å²) in [6, 6.07) is 17.1.